The summed E-state index contributed by atoms with van der Waals surface area (Å²) in [7, 11) is 0. The van der Waals surface area contributed by atoms with Crippen LogP contribution in [0.1, 0.15) is 22.8 Å². The van der Waals surface area contributed by atoms with E-state index in [-0.39, 0.29) is 5.56 Å². The van der Waals surface area contributed by atoms with E-state index in [9.17, 15) is 14.0 Å². The second-order valence-electron chi connectivity index (χ2n) is 4.86. The summed E-state index contributed by atoms with van der Waals surface area (Å²) in [5.74, 6) is -1.54. The number of para-hydroxylation sites is 1. The first-order valence-electron chi connectivity index (χ1n) is 6.80. The number of aryl methyl sites for hydroxylation is 1. The lowest BCUT2D eigenvalue weighted by Crippen LogP contribution is -2.30. The van der Waals surface area contributed by atoms with Crippen molar-refractivity contribution < 1.29 is 18.7 Å². The van der Waals surface area contributed by atoms with Crippen molar-refractivity contribution in [2.45, 2.75) is 20.0 Å². The molecule has 0 unspecified atom stereocenters. The fraction of sp³-hybridized carbons (Fsp3) is 0.176. The van der Waals surface area contributed by atoms with Gasteiger partial charge in [0, 0.05) is 5.69 Å². The molecule has 22 heavy (non-hydrogen) atoms. The van der Waals surface area contributed by atoms with Crippen molar-refractivity contribution in [2.75, 3.05) is 5.32 Å². The number of rotatable bonds is 4. The van der Waals surface area contributed by atoms with Gasteiger partial charge in [-0.15, -0.1) is 0 Å². The summed E-state index contributed by atoms with van der Waals surface area (Å²) in [6.07, 6.45) is -0.961. The largest absolute Gasteiger partial charge is 0.449 e. The van der Waals surface area contributed by atoms with E-state index in [2.05, 4.69) is 5.32 Å². The molecule has 0 spiro atoms. The van der Waals surface area contributed by atoms with Crippen molar-refractivity contribution >= 4 is 17.6 Å². The highest BCUT2D eigenvalue weighted by atomic mass is 19.1. The summed E-state index contributed by atoms with van der Waals surface area (Å²) in [5, 5.41) is 2.70. The number of ether oxygens (including phenoxy) is 1. The molecule has 0 radical (unpaired) electrons. The highest BCUT2D eigenvalue weighted by Crippen LogP contribution is 2.14. The summed E-state index contributed by atoms with van der Waals surface area (Å²) < 4.78 is 17.9. The number of anilines is 1. The number of amides is 1. The standard InChI is InChI=1S/C17H16FNO3/c1-11-5-3-4-6-15(11)19-16(20)12(2)22-17(21)13-7-9-14(18)10-8-13/h3-10,12H,1-2H3,(H,19,20)/t12-/m1/s1. The van der Waals surface area contributed by atoms with Gasteiger partial charge in [-0.2, -0.15) is 0 Å². The van der Waals surface area contributed by atoms with Gasteiger partial charge < -0.3 is 10.1 Å². The van der Waals surface area contributed by atoms with Gasteiger partial charge in [0.1, 0.15) is 5.82 Å². The van der Waals surface area contributed by atoms with E-state index in [0.29, 0.717) is 5.69 Å². The van der Waals surface area contributed by atoms with Gasteiger partial charge >= 0.3 is 5.97 Å². The molecule has 5 heteroatoms. The van der Waals surface area contributed by atoms with Gasteiger partial charge in [0.05, 0.1) is 5.56 Å². The third kappa shape index (κ3) is 3.91. The van der Waals surface area contributed by atoms with E-state index < -0.39 is 23.8 Å². The Morgan fingerprint density at radius 1 is 1.09 bits per heavy atom. The van der Waals surface area contributed by atoms with Crippen molar-refractivity contribution in [3.05, 3.63) is 65.5 Å². The van der Waals surface area contributed by atoms with Crippen LogP contribution in [0.15, 0.2) is 48.5 Å². The third-order valence-electron chi connectivity index (χ3n) is 3.14. The number of halogens is 1. The van der Waals surface area contributed by atoms with Crippen molar-refractivity contribution in [3.8, 4) is 0 Å². The molecule has 0 saturated carbocycles. The van der Waals surface area contributed by atoms with Crippen molar-refractivity contribution in [1.82, 2.24) is 0 Å². The molecule has 114 valence electrons. The summed E-state index contributed by atoms with van der Waals surface area (Å²) in [4.78, 5) is 23.9. The quantitative estimate of drug-likeness (QED) is 0.881. The first-order chi connectivity index (χ1) is 10.5. The Bertz CT molecular complexity index is 683. The highest BCUT2D eigenvalue weighted by molar-refractivity contribution is 5.97. The minimum Gasteiger partial charge on any atom is -0.449 e. The maximum Gasteiger partial charge on any atom is 0.338 e. The number of carbonyl (C=O) groups is 2. The fourth-order valence-electron chi connectivity index (χ4n) is 1.82. The molecule has 1 amide bonds. The van der Waals surface area contributed by atoms with E-state index >= 15 is 0 Å². The summed E-state index contributed by atoms with van der Waals surface area (Å²) in [6.45, 7) is 3.35. The highest BCUT2D eigenvalue weighted by Gasteiger charge is 2.19. The molecule has 0 fully saturated rings. The molecule has 0 aliphatic rings. The van der Waals surface area contributed by atoms with Gasteiger partial charge in [-0.25, -0.2) is 9.18 Å². The lowest BCUT2D eigenvalue weighted by molar-refractivity contribution is -0.123. The van der Waals surface area contributed by atoms with E-state index in [1.165, 1.54) is 19.1 Å². The molecular formula is C17H16FNO3. The minimum atomic E-state index is -0.961. The smallest absolute Gasteiger partial charge is 0.338 e. The molecule has 0 saturated heterocycles. The van der Waals surface area contributed by atoms with Gasteiger partial charge in [0.25, 0.3) is 5.91 Å². The zero-order chi connectivity index (χ0) is 16.1. The molecule has 0 aliphatic heterocycles. The Kier molecular flexibility index (Phi) is 4.88. The topological polar surface area (TPSA) is 55.4 Å². The SMILES string of the molecule is Cc1ccccc1NC(=O)[C@@H](C)OC(=O)c1ccc(F)cc1. The van der Waals surface area contributed by atoms with Gasteiger partial charge in [0.15, 0.2) is 6.10 Å². The second kappa shape index (κ2) is 6.85. The van der Waals surface area contributed by atoms with Crippen LogP contribution in [0.2, 0.25) is 0 Å². The maximum absolute atomic E-state index is 12.8. The van der Waals surface area contributed by atoms with Crippen molar-refractivity contribution in [2.24, 2.45) is 0 Å². The Morgan fingerprint density at radius 3 is 2.36 bits per heavy atom. The molecule has 2 rings (SSSR count). The number of nitrogens with one attached hydrogen (secondary N) is 1. The maximum atomic E-state index is 12.8. The molecule has 0 aromatic heterocycles. The van der Waals surface area contributed by atoms with Crippen molar-refractivity contribution in [3.63, 3.8) is 0 Å². The molecule has 0 bridgehead atoms. The van der Waals surface area contributed by atoms with Crippen LogP contribution in [0, 0.1) is 12.7 Å². The minimum absolute atomic E-state index is 0.192. The zero-order valence-corrected chi connectivity index (χ0v) is 12.3. The van der Waals surface area contributed by atoms with Crippen LogP contribution in [-0.4, -0.2) is 18.0 Å². The average molecular weight is 301 g/mol. The lowest BCUT2D eigenvalue weighted by atomic mass is 10.2. The lowest BCUT2D eigenvalue weighted by Gasteiger charge is -2.14. The molecule has 0 heterocycles. The van der Waals surface area contributed by atoms with Gasteiger partial charge in [-0.1, -0.05) is 18.2 Å². The van der Waals surface area contributed by atoms with Crippen LogP contribution >= 0.6 is 0 Å². The molecule has 2 aromatic carbocycles. The number of hydrogen-bond donors (Lipinski definition) is 1. The number of carbonyl (C=O) groups excluding carboxylic acids is 2. The summed E-state index contributed by atoms with van der Waals surface area (Å²) >= 11 is 0. The first kappa shape index (κ1) is 15.7. The Balaban J connectivity index is 1.98. The van der Waals surface area contributed by atoms with E-state index in [4.69, 9.17) is 4.74 Å². The molecule has 1 atom stereocenters. The molecule has 0 aliphatic carbocycles. The van der Waals surface area contributed by atoms with Gasteiger partial charge in [0.2, 0.25) is 0 Å². The van der Waals surface area contributed by atoms with Crippen LogP contribution in [0.25, 0.3) is 0 Å². The van der Waals surface area contributed by atoms with Crippen LogP contribution in [-0.2, 0) is 9.53 Å². The monoisotopic (exact) mass is 301 g/mol. The molecular weight excluding hydrogens is 285 g/mol. The summed E-state index contributed by atoms with van der Waals surface area (Å²) in [6, 6.07) is 12.2. The van der Waals surface area contributed by atoms with E-state index in [1.54, 1.807) is 12.1 Å². The van der Waals surface area contributed by atoms with Crippen LogP contribution in [0.4, 0.5) is 10.1 Å². The third-order valence-corrected chi connectivity index (χ3v) is 3.14. The molecule has 2 aromatic rings. The normalized spacial score (nSPS) is 11.6. The van der Waals surface area contributed by atoms with Gasteiger partial charge in [-0.05, 0) is 49.7 Å². The van der Waals surface area contributed by atoms with Gasteiger partial charge in [-0.3, -0.25) is 4.79 Å². The van der Waals surface area contributed by atoms with E-state index in [1.807, 2.05) is 19.1 Å². The predicted molar refractivity (Wildman–Crippen MR) is 81.1 cm³/mol. The summed E-state index contributed by atoms with van der Waals surface area (Å²) in [5.41, 5.74) is 1.77. The number of benzene rings is 2. The Labute approximate surface area is 127 Å². The van der Waals surface area contributed by atoms with Crippen LogP contribution < -0.4 is 5.32 Å². The molecule has 1 N–H and O–H groups in total. The fourth-order valence-corrected chi connectivity index (χ4v) is 1.82. The zero-order valence-electron chi connectivity index (χ0n) is 12.3. The second-order valence-corrected chi connectivity index (χ2v) is 4.86. The number of hydrogen-bond acceptors (Lipinski definition) is 3. The van der Waals surface area contributed by atoms with Crippen LogP contribution in [0.3, 0.4) is 0 Å². The Morgan fingerprint density at radius 2 is 1.73 bits per heavy atom. The average Bonchev–Trinajstić information content (AvgIpc) is 2.50. The molecule has 4 nitrogen and oxygen atoms in total. The number of esters is 1. The first-order valence-corrected chi connectivity index (χ1v) is 6.80. The Hall–Kier alpha value is -2.69. The van der Waals surface area contributed by atoms with Crippen LogP contribution in [0.5, 0.6) is 0 Å². The van der Waals surface area contributed by atoms with Crippen molar-refractivity contribution in [1.29, 1.82) is 0 Å². The van der Waals surface area contributed by atoms with E-state index in [0.717, 1.165) is 17.7 Å². The predicted octanol–water partition coefficient (Wildman–Crippen LogP) is 3.32.